The Balaban J connectivity index is 1.54. The fraction of sp³-hybridized carbons (Fsp3) is 0.0909. The van der Waals surface area contributed by atoms with Crippen molar-refractivity contribution in [3.63, 3.8) is 0 Å². The quantitative estimate of drug-likeness (QED) is 0.260. The molecule has 3 aromatic carbocycles. The van der Waals surface area contributed by atoms with Crippen LogP contribution in [0.15, 0.2) is 59.1 Å². The molecule has 0 aliphatic heterocycles. The molecule has 4 rings (SSSR count). The summed E-state index contributed by atoms with van der Waals surface area (Å²) in [5.74, 6) is -3.80. The minimum atomic E-state index is -1.56. The minimum absolute atomic E-state index is 0.0226. The summed E-state index contributed by atoms with van der Waals surface area (Å²) in [5.41, 5.74) is 1.15. The van der Waals surface area contributed by atoms with Gasteiger partial charge in [-0.1, -0.05) is 17.3 Å². The van der Waals surface area contributed by atoms with Crippen molar-refractivity contribution in [2.75, 3.05) is 7.11 Å². The van der Waals surface area contributed by atoms with Gasteiger partial charge >= 0.3 is 5.97 Å². The first-order valence-electron chi connectivity index (χ1n) is 8.82. The van der Waals surface area contributed by atoms with Gasteiger partial charge in [0.2, 0.25) is 0 Å². The molecule has 5 nitrogen and oxygen atoms in total. The summed E-state index contributed by atoms with van der Waals surface area (Å²) in [5, 5.41) is 4.22. The Morgan fingerprint density at radius 2 is 1.63 bits per heavy atom. The molecule has 0 spiro atoms. The maximum Gasteiger partial charge on any atom is 0.315 e. The average Bonchev–Trinajstić information content (AvgIpc) is 3.15. The van der Waals surface area contributed by atoms with Crippen molar-refractivity contribution in [1.82, 2.24) is 5.16 Å². The minimum Gasteiger partial charge on any atom is -0.497 e. The molecule has 0 radical (unpaired) electrons. The first-order chi connectivity index (χ1) is 14.4. The summed E-state index contributed by atoms with van der Waals surface area (Å²) in [4.78, 5) is 12.2. The van der Waals surface area contributed by atoms with Crippen LogP contribution >= 0.6 is 0 Å². The number of halogens is 3. The summed E-state index contributed by atoms with van der Waals surface area (Å²) in [6.07, 6.45) is 0.0534. The zero-order valence-corrected chi connectivity index (χ0v) is 15.6. The number of aromatic nitrogens is 1. The van der Waals surface area contributed by atoms with Crippen molar-refractivity contribution in [3.8, 4) is 22.8 Å². The van der Waals surface area contributed by atoms with Gasteiger partial charge in [-0.25, -0.2) is 13.2 Å². The molecule has 4 aromatic rings. The van der Waals surface area contributed by atoms with Crippen LogP contribution in [-0.4, -0.2) is 18.2 Å². The molecular weight excluding hydrogens is 399 g/mol. The van der Waals surface area contributed by atoms with Gasteiger partial charge in [0.1, 0.15) is 17.2 Å². The van der Waals surface area contributed by atoms with Crippen LogP contribution in [0.1, 0.15) is 5.56 Å². The molecule has 0 bridgehead atoms. The van der Waals surface area contributed by atoms with Crippen LogP contribution in [0.25, 0.3) is 22.2 Å². The van der Waals surface area contributed by atoms with E-state index in [-0.39, 0.29) is 29.0 Å². The number of ether oxygens (including phenoxy) is 2. The second-order valence-electron chi connectivity index (χ2n) is 6.44. The van der Waals surface area contributed by atoms with Gasteiger partial charge in [0.15, 0.2) is 23.0 Å². The van der Waals surface area contributed by atoms with E-state index in [2.05, 4.69) is 5.16 Å². The molecule has 8 heteroatoms. The van der Waals surface area contributed by atoms with Crippen molar-refractivity contribution in [3.05, 3.63) is 77.6 Å². The predicted octanol–water partition coefficient (Wildman–Crippen LogP) is 5.07. The largest absolute Gasteiger partial charge is 0.497 e. The maximum absolute atomic E-state index is 13.5. The lowest BCUT2D eigenvalue weighted by atomic mass is 10.1. The molecule has 30 heavy (non-hydrogen) atoms. The van der Waals surface area contributed by atoms with Crippen LogP contribution in [-0.2, 0) is 11.2 Å². The fourth-order valence-electron chi connectivity index (χ4n) is 2.96. The number of carbonyl (C=O) groups is 1. The van der Waals surface area contributed by atoms with E-state index < -0.39 is 23.4 Å². The highest BCUT2D eigenvalue weighted by Crippen LogP contribution is 2.32. The number of hydrogen-bond donors (Lipinski definition) is 0. The third-order valence-corrected chi connectivity index (χ3v) is 4.44. The Bertz CT molecular complexity index is 1210. The summed E-state index contributed by atoms with van der Waals surface area (Å²) in [6.45, 7) is 0. The lowest BCUT2D eigenvalue weighted by molar-refractivity contribution is -0.133. The smallest absolute Gasteiger partial charge is 0.315 e. The Hall–Kier alpha value is -3.81. The summed E-state index contributed by atoms with van der Waals surface area (Å²) >= 11 is 0. The molecular formula is C22H14F3NO4. The molecule has 0 aliphatic rings. The summed E-state index contributed by atoms with van der Waals surface area (Å²) in [6, 6.07) is 13.1. The van der Waals surface area contributed by atoms with E-state index in [1.807, 2.05) is 0 Å². The number of fused-ring (bicyclic) bond motifs is 1. The van der Waals surface area contributed by atoms with Gasteiger partial charge in [0.25, 0.3) is 0 Å². The molecule has 0 N–H and O–H groups in total. The molecule has 0 amide bonds. The van der Waals surface area contributed by atoms with Gasteiger partial charge in [-0.15, -0.1) is 0 Å². The number of methoxy groups -OCH3 is 1. The fourth-order valence-corrected chi connectivity index (χ4v) is 2.96. The molecule has 1 aromatic heterocycles. The topological polar surface area (TPSA) is 61.6 Å². The summed E-state index contributed by atoms with van der Waals surface area (Å²) < 4.78 is 55.8. The normalized spacial score (nSPS) is 10.9. The molecule has 0 saturated carbocycles. The van der Waals surface area contributed by atoms with Crippen molar-refractivity contribution < 1.29 is 32.0 Å². The average molecular weight is 413 g/mol. The third-order valence-electron chi connectivity index (χ3n) is 4.44. The van der Waals surface area contributed by atoms with Crippen LogP contribution in [0.3, 0.4) is 0 Å². The predicted molar refractivity (Wildman–Crippen MR) is 102 cm³/mol. The molecule has 0 unspecified atom stereocenters. The molecule has 152 valence electrons. The van der Waals surface area contributed by atoms with Gasteiger partial charge in [0, 0.05) is 17.0 Å². The van der Waals surface area contributed by atoms with E-state index in [9.17, 15) is 18.0 Å². The van der Waals surface area contributed by atoms with Crippen LogP contribution in [0.2, 0.25) is 0 Å². The van der Waals surface area contributed by atoms with Crippen molar-refractivity contribution in [2.45, 2.75) is 6.42 Å². The molecule has 0 saturated heterocycles. The monoisotopic (exact) mass is 413 g/mol. The maximum atomic E-state index is 13.5. The highest BCUT2D eigenvalue weighted by molar-refractivity contribution is 5.92. The molecule has 1 heterocycles. The number of carbonyl (C=O) groups excluding carboxylic acids is 1. The Morgan fingerprint density at radius 1 is 0.967 bits per heavy atom. The van der Waals surface area contributed by atoms with E-state index in [1.165, 1.54) is 18.2 Å². The zero-order chi connectivity index (χ0) is 21.3. The van der Waals surface area contributed by atoms with E-state index in [0.717, 1.165) is 17.7 Å². The first kappa shape index (κ1) is 19.5. The van der Waals surface area contributed by atoms with E-state index >= 15 is 0 Å². The Kier molecular flexibility index (Phi) is 5.14. The van der Waals surface area contributed by atoms with Crippen LogP contribution in [0.5, 0.6) is 11.5 Å². The highest BCUT2D eigenvalue weighted by Gasteiger charge is 2.17. The van der Waals surface area contributed by atoms with E-state index in [0.29, 0.717) is 11.1 Å². The van der Waals surface area contributed by atoms with Crippen LogP contribution in [0.4, 0.5) is 13.2 Å². The zero-order valence-electron chi connectivity index (χ0n) is 15.6. The lowest BCUT2D eigenvalue weighted by Gasteiger charge is -2.05. The van der Waals surface area contributed by atoms with Gasteiger partial charge in [-0.05, 0) is 42.0 Å². The van der Waals surface area contributed by atoms with Crippen molar-refractivity contribution in [1.29, 1.82) is 0 Å². The standard InChI is InChI=1S/C22H14F3NO4/c1-28-14-4-2-12(3-5-14)8-20(27)29-15-6-7-16-19(11-15)30-26-22(16)13-9-17(23)21(25)18(24)10-13/h2-7,9-11H,8H2,1H3. The summed E-state index contributed by atoms with van der Waals surface area (Å²) in [7, 11) is 1.55. The Labute approximate surface area is 168 Å². The third kappa shape index (κ3) is 3.84. The number of benzene rings is 3. The van der Waals surface area contributed by atoms with Crippen LogP contribution < -0.4 is 9.47 Å². The molecule has 0 atom stereocenters. The van der Waals surface area contributed by atoms with E-state index in [1.54, 1.807) is 31.4 Å². The second kappa shape index (κ2) is 7.90. The number of esters is 1. The number of rotatable bonds is 5. The van der Waals surface area contributed by atoms with Crippen LogP contribution in [0, 0.1) is 17.5 Å². The van der Waals surface area contributed by atoms with Crippen molar-refractivity contribution >= 4 is 16.9 Å². The molecule has 0 fully saturated rings. The van der Waals surface area contributed by atoms with E-state index in [4.69, 9.17) is 14.0 Å². The number of hydrogen-bond acceptors (Lipinski definition) is 5. The lowest BCUT2D eigenvalue weighted by Crippen LogP contribution is -2.11. The number of nitrogens with zero attached hydrogens (tertiary/aromatic N) is 1. The van der Waals surface area contributed by atoms with Crippen molar-refractivity contribution in [2.24, 2.45) is 0 Å². The van der Waals surface area contributed by atoms with Gasteiger partial charge in [-0.2, -0.15) is 0 Å². The SMILES string of the molecule is COc1ccc(CC(=O)Oc2ccc3c(-c4cc(F)c(F)c(F)c4)noc3c2)cc1. The van der Waals surface area contributed by atoms with Gasteiger partial charge in [-0.3, -0.25) is 4.79 Å². The second-order valence-corrected chi connectivity index (χ2v) is 6.44. The van der Waals surface area contributed by atoms with Gasteiger partial charge < -0.3 is 14.0 Å². The highest BCUT2D eigenvalue weighted by atomic mass is 19.2. The first-order valence-corrected chi connectivity index (χ1v) is 8.82. The Morgan fingerprint density at radius 3 is 2.30 bits per heavy atom. The van der Waals surface area contributed by atoms with Gasteiger partial charge in [0.05, 0.1) is 13.5 Å². The molecule has 0 aliphatic carbocycles.